The SMILES string of the molecule is CC(C)(C)OC(=O)N1CCC2(CC1)CCN(C(=O)c1cc(Cc3n[nH]c(=O)c4ccccc34)ccc1F)CC2. The third-order valence-electron chi connectivity index (χ3n) is 7.99. The van der Waals surface area contributed by atoms with Crippen LogP contribution in [0.5, 0.6) is 0 Å². The van der Waals surface area contributed by atoms with Gasteiger partial charge in [-0.05, 0) is 75.6 Å². The van der Waals surface area contributed by atoms with Crippen molar-refractivity contribution in [3.63, 3.8) is 0 Å². The summed E-state index contributed by atoms with van der Waals surface area (Å²) in [5.41, 5.74) is 0.765. The number of rotatable bonds is 3. The molecule has 0 atom stereocenters. The molecule has 1 N–H and O–H groups in total. The Balaban J connectivity index is 1.23. The lowest BCUT2D eigenvalue weighted by molar-refractivity contribution is -0.00117. The van der Waals surface area contributed by atoms with Crippen molar-refractivity contribution in [1.29, 1.82) is 0 Å². The number of hydrogen-bond acceptors (Lipinski definition) is 5. The zero-order valence-electron chi connectivity index (χ0n) is 22.8. The van der Waals surface area contributed by atoms with E-state index in [0.29, 0.717) is 43.7 Å². The summed E-state index contributed by atoms with van der Waals surface area (Å²) in [4.78, 5) is 41.4. The summed E-state index contributed by atoms with van der Waals surface area (Å²) in [6.07, 6.45) is 3.49. The standard InChI is InChI=1S/C30H35FN4O4/c1-29(2,3)39-28(38)35-16-12-30(13-17-35)10-14-34(15-11-30)27(37)23-18-20(8-9-24(23)31)19-25-21-6-4-5-7-22(21)26(36)33-32-25/h4-9,18H,10-17,19H2,1-3H3,(H,33,36). The number of halogens is 1. The molecule has 2 fully saturated rings. The molecule has 2 saturated heterocycles. The summed E-state index contributed by atoms with van der Waals surface area (Å²) in [5, 5.41) is 8.01. The highest BCUT2D eigenvalue weighted by atomic mass is 19.1. The molecule has 39 heavy (non-hydrogen) atoms. The second kappa shape index (κ2) is 10.4. The van der Waals surface area contributed by atoms with E-state index in [1.54, 1.807) is 34.1 Å². The number of fused-ring (bicyclic) bond motifs is 1. The number of piperidine rings is 2. The maximum atomic E-state index is 14.8. The average molecular weight is 535 g/mol. The lowest BCUT2D eigenvalue weighted by Gasteiger charge is -2.46. The van der Waals surface area contributed by atoms with Gasteiger partial charge in [0.1, 0.15) is 11.4 Å². The van der Waals surface area contributed by atoms with Crippen LogP contribution < -0.4 is 5.56 Å². The average Bonchev–Trinajstić information content (AvgIpc) is 2.91. The molecule has 0 unspecified atom stereocenters. The van der Waals surface area contributed by atoms with Crippen LogP contribution in [-0.2, 0) is 11.2 Å². The Morgan fingerprint density at radius 1 is 0.974 bits per heavy atom. The van der Waals surface area contributed by atoms with E-state index in [-0.39, 0.29) is 28.5 Å². The highest BCUT2D eigenvalue weighted by Gasteiger charge is 2.40. The molecule has 2 aliphatic heterocycles. The number of nitrogens with one attached hydrogen (secondary N) is 1. The minimum atomic E-state index is -0.547. The fourth-order valence-electron chi connectivity index (χ4n) is 5.69. The first-order chi connectivity index (χ1) is 18.5. The van der Waals surface area contributed by atoms with E-state index >= 15 is 0 Å². The number of aromatic amines is 1. The summed E-state index contributed by atoms with van der Waals surface area (Å²) >= 11 is 0. The Morgan fingerprint density at radius 3 is 2.23 bits per heavy atom. The molecule has 5 rings (SSSR count). The number of benzene rings is 2. The van der Waals surface area contributed by atoms with Gasteiger partial charge in [0, 0.05) is 38.0 Å². The first-order valence-electron chi connectivity index (χ1n) is 13.6. The molecule has 0 radical (unpaired) electrons. The van der Waals surface area contributed by atoms with Crippen LogP contribution in [0.4, 0.5) is 9.18 Å². The molecule has 206 valence electrons. The van der Waals surface area contributed by atoms with E-state index in [9.17, 15) is 18.8 Å². The van der Waals surface area contributed by atoms with Gasteiger partial charge in [-0.25, -0.2) is 14.3 Å². The molecule has 0 bridgehead atoms. The Labute approximate surface area is 227 Å². The van der Waals surface area contributed by atoms with Crippen molar-refractivity contribution >= 4 is 22.8 Å². The number of H-pyrrole nitrogens is 1. The monoisotopic (exact) mass is 534 g/mol. The summed E-state index contributed by atoms with van der Waals surface area (Å²) in [5.74, 6) is -0.858. The Hall–Kier alpha value is -3.75. The topological polar surface area (TPSA) is 95.6 Å². The van der Waals surface area contributed by atoms with E-state index in [0.717, 1.165) is 36.6 Å². The van der Waals surface area contributed by atoms with Crippen LogP contribution in [0.3, 0.4) is 0 Å². The van der Waals surface area contributed by atoms with Crippen LogP contribution in [0.25, 0.3) is 10.8 Å². The zero-order chi connectivity index (χ0) is 27.8. The Kier molecular flexibility index (Phi) is 7.18. The van der Waals surface area contributed by atoms with Gasteiger partial charge in [0.15, 0.2) is 0 Å². The molecule has 2 amide bonds. The number of aromatic nitrogens is 2. The van der Waals surface area contributed by atoms with E-state index in [4.69, 9.17) is 4.74 Å². The van der Waals surface area contributed by atoms with Crippen LogP contribution in [0.15, 0.2) is 47.3 Å². The largest absolute Gasteiger partial charge is 0.444 e. The molecule has 0 saturated carbocycles. The van der Waals surface area contributed by atoms with Crippen LogP contribution in [0, 0.1) is 11.2 Å². The van der Waals surface area contributed by atoms with Crippen LogP contribution in [0.1, 0.15) is 68.1 Å². The van der Waals surface area contributed by atoms with Gasteiger partial charge in [0.25, 0.3) is 11.5 Å². The second-order valence-corrected chi connectivity index (χ2v) is 11.8. The number of amides is 2. The predicted molar refractivity (Wildman–Crippen MR) is 146 cm³/mol. The van der Waals surface area contributed by atoms with E-state index < -0.39 is 11.4 Å². The summed E-state index contributed by atoms with van der Waals surface area (Å²) in [6.45, 7) is 8.00. The van der Waals surface area contributed by atoms with Gasteiger partial charge in [0.05, 0.1) is 16.6 Å². The molecule has 2 aliphatic rings. The van der Waals surface area contributed by atoms with Gasteiger partial charge in [-0.2, -0.15) is 5.10 Å². The molecule has 9 heteroatoms. The number of hydrogen-bond donors (Lipinski definition) is 1. The smallest absolute Gasteiger partial charge is 0.410 e. The van der Waals surface area contributed by atoms with Crippen LogP contribution in [0.2, 0.25) is 0 Å². The zero-order valence-corrected chi connectivity index (χ0v) is 22.8. The lowest BCUT2D eigenvalue weighted by Crippen LogP contribution is -2.50. The molecule has 2 aromatic carbocycles. The van der Waals surface area contributed by atoms with Crippen LogP contribution in [-0.4, -0.2) is 63.8 Å². The number of carbonyl (C=O) groups is 2. The van der Waals surface area contributed by atoms with Gasteiger partial charge < -0.3 is 14.5 Å². The Morgan fingerprint density at radius 2 is 1.59 bits per heavy atom. The predicted octanol–water partition coefficient (Wildman–Crippen LogP) is 4.91. The lowest BCUT2D eigenvalue weighted by atomic mass is 9.71. The van der Waals surface area contributed by atoms with Crippen molar-refractivity contribution in [3.05, 3.63) is 75.5 Å². The quantitative estimate of drug-likeness (QED) is 0.515. The number of carbonyl (C=O) groups excluding carboxylic acids is 2. The van der Waals surface area contributed by atoms with Gasteiger partial charge in [0.2, 0.25) is 0 Å². The molecule has 8 nitrogen and oxygen atoms in total. The number of nitrogens with zero attached hydrogens (tertiary/aromatic N) is 3. The van der Waals surface area contributed by atoms with Crippen molar-refractivity contribution < 1.29 is 18.7 Å². The molecule has 1 spiro atoms. The van der Waals surface area contributed by atoms with Gasteiger partial charge in [-0.15, -0.1) is 0 Å². The van der Waals surface area contributed by atoms with Gasteiger partial charge >= 0.3 is 6.09 Å². The first-order valence-corrected chi connectivity index (χ1v) is 13.6. The summed E-state index contributed by atoms with van der Waals surface area (Å²) in [6, 6.07) is 11.8. The number of ether oxygens (including phenoxy) is 1. The molecule has 3 aromatic rings. The molecule has 3 heterocycles. The minimum Gasteiger partial charge on any atom is -0.444 e. The maximum absolute atomic E-state index is 14.8. The third kappa shape index (κ3) is 5.82. The van der Waals surface area contributed by atoms with Crippen molar-refractivity contribution in [2.75, 3.05) is 26.2 Å². The second-order valence-electron chi connectivity index (χ2n) is 11.8. The fraction of sp³-hybridized carbons (Fsp3) is 0.467. The molecule has 0 aliphatic carbocycles. The van der Waals surface area contributed by atoms with Gasteiger partial charge in [-0.3, -0.25) is 9.59 Å². The van der Waals surface area contributed by atoms with Crippen molar-refractivity contribution in [2.45, 2.75) is 58.5 Å². The highest BCUT2D eigenvalue weighted by molar-refractivity contribution is 5.95. The minimum absolute atomic E-state index is 0.0527. The van der Waals surface area contributed by atoms with Crippen LogP contribution >= 0.6 is 0 Å². The highest BCUT2D eigenvalue weighted by Crippen LogP contribution is 2.41. The van der Waals surface area contributed by atoms with Crippen molar-refractivity contribution in [1.82, 2.24) is 20.0 Å². The molecular weight excluding hydrogens is 499 g/mol. The molecular formula is C30H35FN4O4. The van der Waals surface area contributed by atoms with E-state index in [2.05, 4.69) is 10.2 Å². The van der Waals surface area contributed by atoms with E-state index in [1.165, 1.54) is 6.07 Å². The van der Waals surface area contributed by atoms with Gasteiger partial charge in [-0.1, -0.05) is 24.3 Å². The van der Waals surface area contributed by atoms with Crippen molar-refractivity contribution in [3.8, 4) is 0 Å². The third-order valence-corrected chi connectivity index (χ3v) is 7.99. The molecule has 1 aromatic heterocycles. The Bertz CT molecular complexity index is 1440. The maximum Gasteiger partial charge on any atom is 0.410 e. The normalized spacial score (nSPS) is 17.4. The summed E-state index contributed by atoms with van der Waals surface area (Å²) < 4.78 is 20.4. The first kappa shape index (κ1) is 26.8. The number of likely N-dealkylation sites (tertiary alicyclic amines) is 2. The van der Waals surface area contributed by atoms with Crippen molar-refractivity contribution in [2.24, 2.45) is 5.41 Å². The fourth-order valence-corrected chi connectivity index (χ4v) is 5.69. The van der Waals surface area contributed by atoms with E-state index in [1.807, 2.05) is 32.9 Å². The summed E-state index contributed by atoms with van der Waals surface area (Å²) in [7, 11) is 0.